The van der Waals surface area contributed by atoms with Crippen LogP contribution in [0, 0.1) is 0 Å². The lowest BCUT2D eigenvalue weighted by molar-refractivity contribution is -0.129. The van der Waals surface area contributed by atoms with Crippen molar-refractivity contribution in [3.63, 3.8) is 0 Å². The molecular formula is C8H16N2O. The van der Waals surface area contributed by atoms with Gasteiger partial charge in [0.25, 0.3) is 0 Å². The molecule has 1 heterocycles. The van der Waals surface area contributed by atoms with Gasteiger partial charge in [-0.25, -0.2) is 0 Å². The number of nitrogens with one attached hydrogen (secondary N) is 1. The molecule has 1 fully saturated rings. The summed E-state index contributed by atoms with van der Waals surface area (Å²) >= 11 is 0. The van der Waals surface area contributed by atoms with Crippen LogP contribution < -0.4 is 5.32 Å². The van der Waals surface area contributed by atoms with E-state index in [1.807, 2.05) is 11.9 Å². The van der Waals surface area contributed by atoms with Gasteiger partial charge in [0.05, 0.1) is 0 Å². The molecular weight excluding hydrogens is 140 g/mol. The average Bonchev–Trinajstić information content (AvgIpc) is 2.05. The summed E-state index contributed by atoms with van der Waals surface area (Å²) in [4.78, 5) is 12.8. The van der Waals surface area contributed by atoms with E-state index in [9.17, 15) is 4.79 Å². The molecule has 0 radical (unpaired) electrons. The summed E-state index contributed by atoms with van der Waals surface area (Å²) in [6, 6.07) is 0.418. The Labute approximate surface area is 67.8 Å². The second-order valence-corrected chi connectivity index (χ2v) is 3.13. The van der Waals surface area contributed by atoms with Crippen molar-refractivity contribution in [2.24, 2.45) is 0 Å². The predicted octanol–water partition coefficient (Wildman–Crippen LogP) is 0.217. The minimum absolute atomic E-state index is 0.165. The lowest BCUT2D eigenvalue weighted by Crippen LogP contribution is -2.45. The fourth-order valence-corrected chi connectivity index (χ4v) is 1.42. The fraction of sp³-hybridized carbons (Fsp3) is 0.875. The van der Waals surface area contributed by atoms with Crippen LogP contribution in [0.5, 0.6) is 0 Å². The van der Waals surface area contributed by atoms with E-state index in [-0.39, 0.29) is 5.91 Å². The first-order chi connectivity index (χ1) is 5.22. The first-order valence-electron chi connectivity index (χ1n) is 4.16. The number of nitrogens with zero attached hydrogens (tertiary/aromatic N) is 1. The number of hydrogen-bond acceptors (Lipinski definition) is 2. The molecule has 0 unspecified atom stereocenters. The highest BCUT2D eigenvalue weighted by Gasteiger charge is 2.18. The maximum absolute atomic E-state index is 10.9. The van der Waals surface area contributed by atoms with Crippen molar-refractivity contribution in [2.75, 3.05) is 20.1 Å². The fourth-order valence-electron chi connectivity index (χ4n) is 1.42. The molecule has 1 aliphatic heterocycles. The summed E-state index contributed by atoms with van der Waals surface area (Å²) in [6.45, 7) is 3.67. The molecule has 0 saturated carbocycles. The van der Waals surface area contributed by atoms with E-state index in [1.54, 1.807) is 6.92 Å². The molecule has 1 aliphatic rings. The Kier molecular flexibility index (Phi) is 2.88. The first-order valence-corrected chi connectivity index (χ1v) is 4.16. The van der Waals surface area contributed by atoms with Crippen LogP contribution in [0.1, 0.15) is 19.8 Å². The molecule has 0 aromatic carbocycles. The smallest absolute Gasteiger partial charge is 0.219 e. The van der Waals surface area contributed by atoms with Gasteiger partial charge in [0.2, 0.25) is 5.91 Å². The Bertz CT molecular complexity index is 141. The molecule has 1 atom stereocenters. The van der Waals surface area contributed by atoms with Gasteiger partial charge in [-0.1, -0.05) is 0 Å². The van der Waals surface area contributed by atoms with Crippen LogP contribution in [0.15, 0.2) is 0 Å². The van der Waals surface area contributed by atoms with Crippen molar-refractivity contribution in [3.8, 4) is 0 Å². The van der Waals surface area contributed by atoms with Crippen LogP contribution in [-0.2, 0) is 4.79 Å². The number of rotatable bonds is 1. The Morgan fingerprint density at radius 2 is 2.36 bits per heavy atom. The molecule has 0 aromatic rings. The molecule has 11 heavy (non-hydrogen) atoms. The van der Waals surface area contributed by atoms with Crippen LogP contribution in [0.4, 0.5) is 0 Å². The number of hydrogen-bond donors (Lipinski definition) is 1. The molecule has 0 aromatic heterocycles. The molecule has 1 N–H and O–H groups in total. The zero-order chi connectivity index (χ0) is 8.27. The number of likely N-dealkylation sites (N-methyl/N-ethyl adjacent to an activating group) is 1. The predicted molar refractivity (Wildman–Crippen MR) is 44.3 cm³/mol. The van der Waals surface area contributed by atoms with Gasteiger partial charge in [0, 0.05) is 26.6 Å². The quantitative estimate of drug-likeness (QED) is 0.589. The van der Waals surface area contributed by atoms with Crippen molar-refractivity contribution in [1.82, 2.24) is 10.2 Å². The largest absolute Gasteiger partial charge is 0.342 e. The summed E-state index contributed by atoms with van der Waals surface area (Å²) < 4.78 is 0. The summed E-state index contributed by atoms with van der Waals surface area (Å²) in [5, 5.41) is 3.28. The third kappa shape index (κ3) is 2.19. The van der Waals surface area contributed by atoms with E-state index in [0.717, 1.165) is 19.5 Å². The Morgan fingerprint density at radius 3 is 2.82 bits per heavy atom. The zero-order valence-corrected chi connectivity index (χ0v) is 7.26. The summed E-state index contributed by atoms with van der Waals surface area (Å²) in [5.74, 6) is 0.165. The van der Waals surface area contributed by atoms with E-state index in [2.05, 4.69) is 5.32 Å². The van der Waals surface area contributed by atoms with E-state index in [0.29, 0.717) is 6.04 Å². The highest BCUT2D eigenvalue weighted by atomic mass is 16.2. The monoisotopic (exact) mass is 156 g/mol. The Balaban J connectivity index is 2.38. The number of carbonyl (C=O) groups excluding carboxylic acids is 1. The Morgan fingerprint density at radius 1 is 1.64 bits per heavy atom. The minimum atomic E-state index is 0.165. The van der Waals surface area contributed by atoms with Crippen LogP contribution in [0.25, 0.3) is 0 Å². The van der Waals surface area contributed by atoms with Gasteiger partial charge in [-0.2, -0.15) is 0 Å². The topological polar surface area (TPSA) is 32.3 Å². The van der Waals surface area contributed by atoms with Crippen molar-refractivity contribution >= 4 is 5.91 Å². The van der Waals surface area contributed by atoms with Crippen LogP contribution in [0.3, 0.4) is 0 Å². The molecule has 64 valence electrons. The van der Waals surface area contributed by atoms with E-state index in [1.165, 1.54) is 6.42 Å². The second-order valence-electron chi connectivity index (χ2n) is 3.13. The molecule has 1 saturated heterocycles. The highest BCUT2D eigenvalue weighted by molar-refractivity contribution is 5.73. The minimum Gasteiger partial charge on any atom is -0.342 e. The van der Waals surface area contributed by atoms with Gasteiger partial charge in [-0.3, -0.25) is 4.79 Å². The lowest BCUT2D eigenvalue weighted by Gasteiger charge is -2.30. The van der Waals surface area contributed by atoms with Gasteiger partial charge >= 0.3 is 0 Å². The third-order valence-corrected chi connectivity index (χ3v) is 2.32. The van der Waals surface area contributed by atoms with Crippen molar-refractivity contribution in [3.05, 3.63) is 0 Å². The van der Waals surface area contributed by atoms with Crippen LogP contribution in [-0.4, -0.2) is 37.0 Å². The van der Waals surface area contributed by atoms with Gasteiger partial charge in [-0.15, -0.1) is 0 Å². The third-order valence-electron chi connectivity index (χ3n) is 2.32. The van der Waals surface area contributed by atoms with Crippen molar-refractivity contribution < 1.29 is 4.79 Å². The highest BCUT2D eigenvalue weighted by Crippen LogP contribution is 2.07. The molecule has 3 nitrogen and oxygen atoms in total. The maximum Gasteiger partial charge on any atom is 0.219 e. The molecule has 1 rings (SSSR count). The number of amides is 1. The van der Waals surface area contributed by atoms with E-state index in [4.69, 9.17) is 0 Å². The normalized spacial score (nSPS) is 24.7. The number of piperidine rings is 1. The SMILES string of the molecule is CC(=O)N(C)[C@@H]1CCCNC1. The lowest BCUT2D eigenvalue weighted by atomic mass is 10.1. The summed E-state index contributed by atoms with van der Waals surface area (Å²) in [6.07, 6.45) is 2.32. The number of carbonyl (C=O) groups is 1. The summed E-state index contributed by atoms with van der Waals surface area (Å²) in [7, 11) is 1.88. The van der Waals surface area contributed by atoms with Crippen LogP contribution >= 0.6 is 0 Å². The Hall–Kier alpha value is -0.570. The molecule has 1 amide bonds. The van der Waals surface area contributed by atoms with Gasteiger partial charge in [0.15, 0.2) is 0 Å². The standard InChI is InChI=1S/C8H16N2O/c1-7(11)10(2)8-4-3-5-9-6-8/h8-9H,3-6H2,1-2H3/t8-/m1/s1. The molecule has 0 spiro atoms. The zero-order valence-electron chi connectivity index (χ0n) is 7.26. The molecule has 0 bridgehead atoms. The maximum atomic E-state index is 10.9. The molecule has 0 aliphatic carbocycles. The molecule has 3 heteroatoms. The van der Waals surface area contributed by atoms with E-state index >= 15 is 0 Å². The van der Waals surface area contributed by atoms with Crippen LogP contribution in [0.2, 0.25) is 0 Å². The van der Waals surface area contributed by atoms with Gasteiger partial charge in [-0.05, 0) is 19.4 Å². The van der Waals surface area contributed by atoms with Gasteiger partial charge in [0.1, 0.15) is 0 Å². The van der Waals surface area contributed by atoms with Crippen molar-refractivity contribution in [1.29, 1.82) is 0 Å². The van der Waals surface area contributed by atoms with Crippen molar-refractivity contribution in [2.45, 2.75) is 25.8 Å². The van der Waals surface area contributed by atoms with Gasteiger partial charge < -0.3 is 10.2 Å². The second kappa shape index (κ2) is 3.72. The average molecular weight is 156 g/mol. The first kappa shape index (κ1) is 8.53. The van der Waals surface area contributed by atoms with E-state index < -0.39 is 0 Å². The summed E-state index contributed by atoms with van der Waals surface area (Å²) in [5.41, 5.74) is 0.